The Balaban J connectivity index is 1.70. The minimum atomic E-state index is -0.277. The molecule has 2 heterocycles. The molecule has 1 fully saturated rings. The molecule has 1 aromatic rings. The Morgan fingerprint density at radius 3 is 2.84 bits per heavy atom. The molecule has 1 amide bonds. The van der Waals surface area contributed by atoms with Crippen LogP contribution >= 0.6 is 0 Å². The van der Waals surface area contributed by atoms with Crippen LogP contribution in [0, 0.1) is 5.82 Å². The molecule has 5 heteroatoms. The third kappa shape index (κ3) is 2.62. The van der Waals surface area contributed by atoms with Gasteiger partial charge in [-0.2, -0.15) is 0 Å². The minimum absolute atomic E-state index is 0.0752. The molecule has 1 N–H and O–H groups in total. The van der Waals surface area contributed by atoms with Crippen LogP contribution in [0.2, 0.25) is 0 Å². The van der Waals surface area contributed by atoms with E-state index in [0.29, 0.717) is 13.1 Å². The molecule has 102 valence electrons. The highest BCUT2D eigenvalue weighted by Gasteiger charge is 2.26. The first-order valence-electron chi connectivity index (χ1n) is 6.76. The summed E-state index contributed by atoms with van der Waals surface area (Å²) in [7, 11) is 0. The van der Waals surface area contributed by atoms with Gasteiger partial charge in [0.15, 0.2) is 0 Å². The summed E-state index contributed by atoms with van der Waals surface area (Å²) >= 11 is 0. The van der Waals surface area contributed by atoms with Crippen molar-refractivity contribution >= 4 is 11.6 Å². The summed E-state index contributed by atoms with van der Waals surface area (Å²) in [4.78, 5) is 16.2. The molecule has 2 aliphatic rings. The van der Waals surface area contributed by atoms with Crippen molar-refractivity contribution in [2.24, 2.45) is 0 Å². The van der Waals surface area contributed by atoms with Crippen molar-refractivity contribution in [1.29, 1.82) is 0 Å². The summed E-state index contributed by atoms with van der Waals surface area (Å²) in [5, 5.41) is 3.26. The zero-order valence-electron chi connectivity index (χ0n) is 10.9. The van der Waals surface area contributed by atoms with E-state index in [-0.39, 0.29) is 11.7 Å². The van der Waals surface area contributed by atoms with Gasteiger partial charge in [-0.1, -0.05) is 6.07 Å². The molecular weight excluding hydrogens is 245 g/mol. The number of carbonyl (C=O) groups excluding carboxylic acids is 1. The lowest BCUT2D eigenvalue weighted by molar-refractivity contribution is -0.119. The number of fused-ring (bicyclic) bond motifs is 1. The number of piperazine rings is 1. The molecule has 0 aromatic heterocycles. The highest BCUT2D eigenvalue weighted by atomic mass is 19.1. The Labute approximate surface area is 112 Å². The fourth-order valence-corrected chi connectivity index (χ4v) is 2.76. The molecule has 1 saturated heterocycles. The van der Waals surface area contributed by atoms with Crippen molar-refractivity contribution < 1.29 is 9.18 Å². The Bertz CT molecular complexity index is 486. The number of anilines is 1. The summed E-state index contributed by atoms with van der Waals surface area (Å²) < 4.78 is 13.3. The second-order valence-corrected chi connectivity index (χ2v) is 5.09. The standard InChI is InChI=1S/C14H18FN3O/c15-12-2-1-11-3-6-18(13(11)9-12)14(19)10-17-7-4-16-5-8-17/h1-2,9,16H,3-8,10H2. The summed E-state index contributed by atoms with van der Waals surface area (Å²) in [5.41, 5.74) is 1.81. The van der Waals surface area contributed by atoms with Gasteiger partial charge in [0.05, 0.1) is 6.54 Å². The molecule has 1 aromatic carbocycles. The highest BCUT2D eigenvalue weighted by Crippen LogP contribution is 2.28. The van der Waals surface area contributed by atoms with E-state index < -0.39 is 0 Å². The molecule has 0 atom stereocenters. The van der Waals surface area contributed by atoms with Gasteiger partial charge >= 0.3 is 0 Å². The SMILES string of the molecule is O=C(CN1CCNCC1)N1CCc2ccc(F)cc21. The number of rotatable bonds is 2. The lowest BCUT2D eigenvalue weighted by Crippen LogP contribution is -2.48. The Morgan fingerprint density at radius 2 is 2.05 bits per heavy atom. The zero-order chi connectivity index (χ0) is 13.2. The fraction of sp³-hybridized carbons (Fsp3) is 0.500. The fourth-order valence-electron chi connectivity index (χ4n) is 2.76. The maximum Gasteiger partial charge on any atom is 0.241 e. The topological polar surface area (TPSA) is 35.6 Å². The van der Waals surface area contributed by atoms with Crippen LogP contribution in [-0.2, 0) is 11.2 Å². The zero-order valence-corrected chi connectivity index (χ0v) is 10.9. The molecule has 0 saturated carbocycles. The van der Waals surface area contributed by atoms with Crippen molar-refractivity contribution in [2.45, 2.75) is 6.42 Å². The lowest BCUT2D eigenvalue weighted by atomic mass is 10.2. The Hall–Kier alpha value is -1.46. The van der Waals surface area contributed by atoms with Gasteiger partial charge in [0.25, 0.3) is 0 Å². The molecule has 3 rings (SSSR count). The van der Waals surface area contributed by atoms with Crippen LogP contribution in [0.15, 0.2) is 18.2 Å². The van der Waals surface area contributed by atoms with Crippen LogP contribution in [0.3, 0.4) is 0 Å². The summed E-state index contributed by atoms with van der Waals surface area (Å²) in [6, 6.07) is 4.71. The smallest absolute Gasteiger partial charge is 0.241 e. The van der Waals surface area contributed by atoms with Crippen LogP contribution in [0.25, 0.3) is 0 Å². The van der Waals surface area contributed by atoms with Crippen LogP contribution in [0.4, 0.5) is 10.1 Å². The largest absolute Gasteiger partial charge is 0.314 e. The molecule has 4 nitrogen and oxygen atoms in total. The average Bonchev–Trinajstić information content (AvgIpc) is 2.82. The van der Waals surface area contributed by atoms with Crippen molar-refractivity contribution in [2.75, 3.05) is 44.2 Å². The van der Waals surface area contributed by atoms with Crippen molar-refractivity contribution in [3.8, 4) is 0 Å². The van der Waals surface area contributed by atoms with Gasteiger partial charge < -0.3 is 10.2 Å². The molecule has 0 radical (unpaired) electrons. The molecule has 19 heavy (non-hydrogen) atoms. The summed E-state index contributed by atoms with van der Waals surface area (Å²) in [5.74, 6) is -0.202. The normalized spacial score (nSPS) is 19.5. The number of benzene rings is 1. The third-order valence-corrected chi connectivity index (χ3v) is 3.81. The van der Waals surface area contributed by atoms with Crippen LogP contribution in [0.5, 0.6) is 0 Å². The molecule has 0 unspecified atom stereocenters. The second kappa shape index (κ2) is 5.27. The van der Waals surface area contributed by atoms with E-state index in [2.05, 4.69) is 10.2 Å². The van der Waals surface area contributed by atoms with E-state index in [1.807, 2.05) is 0 Å². The van der Waals surface area contributed by atoms with Crippen LogP contribution in [-0.4, -0.2) is 50.1 Å². The van der Waals surface area contributed by atoms with E-state index >= 15 is 0 Å². The predicted molar refractivity (Wildman–Crippen MR) is 71.8 cm³/mol. The van der Waals surface area contributed by atoms with E-state index in [4.69, 9.17) is 0 Å². The number of carbonyl (C=O) groups is 1. The Kier molecular flexibility index (Phi) is 3.48. The maximum atomic E-state index is 13.3. The number of halogens is 1. The first kappa shape index (κ1) is 12.6. The number of hydrogen-bond acceptors (Lipinski definition) is 3. The van der Waals surface area contributed by atoms with Gasteiger partial charge in [0.2, 0.25) is 5.91 Å². The quantitative estimate of drug-likeness (QED) is 0.849. The van der Waals surface area contributed by atoms with Gasteiger partial charge in [-0.05, 0) is 24.1 Å². The highest BCUT2D eigenvalue weighted by molar-refractivity contribution is 5.96. The number of hydrogen-bond donors (Lipinski definition) is 1. The molecule has 0 bridgehead atoms. The number of nitrogens with one attached hydrogen (secondary N) is 1. The van der Waals surface area contributed by atoms with E-state index in [1.165, 1.54) is 12.1 Å². The minimum Gasteiger partial charge on any atom is -0.314 e. The second-order valence-electron chi connectivity index (χ2n) is 5.09. The van der Waals surface area contributed by atoms with Crippen LogP contribution < -0.4 is 10.2 Å². The van der Waals surface area contributed by atoms with Gasteiger partial charge in [-0.25, -0.2) is 4.39 Å². The number of amides is 1. The lowest BCUT2D eigenvalue weighted by Gasteiger charge is -2.28. The van der Waals surface area contributed by atoms with Crippen molar-refractivity contribution in [1.82, 2.24) is 10.2 Å². The molecule has 0 spiro atoms. The predicted octanol–water partition coefficient (Wildman–Crippen LogP) is 0.620. The van der Waals surface area contributed by atoms with Crippen molar-refractivity contribution in [3.63, 3.8) is 0 Å². The van der Waals surface area contributed by atoms with Gasteiger partial charge in [-0.15, -0.1) is 0 Å². The maximum absolute atomic E-state index is 13.3. The van der Waals surface area contributed by atoms with Gasteiger partial charge in [0.1, 0.15) is 5.82 Å². The molecule has 2 aliphatic heterocycles. The third-order valence-electron chi connectivity index (χ3n) is 3.81. The monoisotopic (exact) mass is 263 g/mol. The van der Waals surface area contributed by atoms with E-state index in [1.54, 1.807) is 11.0 Å². The molecule has 0 aliphatic carbocycles. The van der Waals surface area contributed by atoms with Gasteiger partial charge in [0, 0.05) is 38.4 Å². The average molecular weight is 263 g/mol. The first-order valence-corrected chi connectivity index (χ1v) is 6.76. The van der Waals surface area contributed by atoms with Gasteiger partial charge in [-0.3, -0.25) is 9.69 Å². The summed E-state index contributed by atoms with van der Waals surface area (Å²) in [6.07, 6.45) is 0.822. The van der Waals surface area contributed by atoms with E-state index in [9.17, 15) is 9.18 Å². The summed E-state index contributed by atoms with van der Waals surface area (Å²) in [6.45, 7) is 4.75. The molecular formula is C14H18FN3O. The van der Waals surface area contributed by atoms with Crippen LogP contribution in [0.1, 0.15) is 5.56 Å². The first-order chi connectivity index (χ1) is 9.24. The van der Waals surface area contributed by atoms with E-state index in [0.717, 1.165) is 43.9 Å². The van der Waals surface area contributed by atoms with Crippen molar-refractivity contribution in [3.05, 3.63) is 29.6 Å². The Morgan fingerprint density at radius 1 is 1.26 bits per heavy atom. The number of nitrogens with zero attached hydrogens (tertiary/aromatic N) is 2.